The molecule has 0 bridgehead atoms. The zero-order valence-electron chi connectivity index (χ0n) is 18.1. The molecule has 0 spiro atoms. The van der Waals surface area contributed by atoms with E-state index in [4.69, 9.17) is 0 Å². The fraction of sp³-hybridized carbons (Fsp3) is 0.704. The molecule has 28 heavy (non-hydrogen) atoms. The highest BCUT2D eigenvalue weighted by Crippen LogP contribution is 2.35. The van der Waals surface area contributed by atoms with E-state index in [1.54, 1.807) is 12.1 Å². The predicted molar refractivity (Wildman–Crippen MR) is 119 cm³/mol. The summed E-state index contributed by atoms with van der Waals surface area (Å²) in [6, 6.07) is 7.08. The molecule has 0 saturated heterocycles. The standard InChI is InChI=1S/C27H41F/c1-2-3-4-5-22-6-8-23(9-7-22)10-11-24-12-14-25(15-13-24)16-17-26-18-20-27(28)21-19-26/h10-11,18-25H,2-9,12-17H2,1H3. The number of halogens is 1. The maximum Gasteiger partial charge on any atom is 0.123 e. The Kier molecular flexibility index (Phi) is 9.09. The highest BCUT2D eigenvalue weighted by Gasteiger charge is 2.21. The van der Waals surface area contributed by atoms with Gasteiger partial charge in [-0.3, -0.25) is 0 Å². The van der Waals surface area contributed by atoms with Crippen molar-refractivity contribution in [1.82, 2.24) is 0 Å². The minimum Gasteiger partial charge on any atom is -0.207 e. The van der Waals surface area contributed by atoms with Gasteiger partial charge in [0.1, 0.15) is 5.82 Å². The largest absolute Gasteiger partial charge is 0.207 e. The van der Waals surface area contributed by atoms with Gasteiger partial charge in [-0.25, -0.2) is 4.39 Å². The lowest BCUT2D eigenvalue weighted by atomic mass is 9.77. The first-order valence-electron chi connectivity index (χ1n) is 12.2. The summed E-state index contributed by atoms with van der Waals surface area (Å²) in [7, 11) is 0. The van der Waals surface area contributed by atoms with E-state index in [-0.39, 0.29) is 5.82 Å². The lowest BCUT2D eigenvalue weighted by Crippen LogP contribution is -2.15. The number of hydrogen-bond acceptors (Lipinski definition) is 0. The monoisotopic (exact) mass is 384 g/mol. The molecule has 0 aromatic heterocycles. The molecule has 0 amide bonds. The van der Waals surface area contributed by atoms with Crippen LogP contribution in [0.5, 0.6) is 0 Å². The molecule has 0 nitrogen and oxygen atoms in total. The normalized spacial score (nSPS) is 28.6. The average Bonchev–Trinajstić information content (AvgIpc) is 2.74. The second kappa shape index (κ2) is 11.8. The van der Waals surface area contributed by atoms with Crippen molar-refractivity contribution in [2.45, 2.75) is 96.8 Å². The van der Waals surface area contributed by atoms with Gasteiger partial charge in [-0.2, -0.15) is 0 Å². The molecule has 0 radical (unpaired) electrons. The first-order valence-corrected chi connectivity index (χ1v) is 12.2. The van der Waals surface area contributed by atoms with Crippen molar-refractivity contribution in [2.24, 2.45) is 23.7 Å². The summed E-state index contributed by atoms with van der Waals surface area (Å²) in [4.78, 5) is 0. The van der Waals surface area contributed by atoms with Crippen LogP contribution in [0.15, 0.2) is 36.4 Å². The first-order chi connectivity index (χ1) is 13.7. The van der Waals surface area contributed by atoms with Gasteiger partial charge in [-0.1, -0.05) is 56.9 Å². The Morgan fingerprint density at radius 2 is 1.29 bits per heavy atom. The number of benzene rings is 1. The molecule has 1 heteroatoms. The van der Waals surface area contributed by atoms with Gasteiger partial charge in [-0.05, 0) is 106 Å². The Morgan fingerprint density at radius 1 is 0.750 bits per heavy atom. The number of allylic oxidation sites excluding steroid dienone is 2. The van der Waals surface area contributed by atoms with Crippen LogP contribution in [-0.4, -0.2) is 0 Å². The van der Waals surface area contributed by atoms with Gasteiger partial charge in [0.15, 0.2) is 0 Å². The molecular formula is C27H41F. The summed E-state index contributed by atoms with van der Waals surface area (Å²) in [5.74, 6) is 3.45. The van der Waals surface area contributed by atoms with Gasteiger partial charge in [0, 0.05) is 0 Å². The van der Waals surface area contributed by atoms with Crippen LogP contribution in [0.4, 0.5) is 4.39 Å². The quantitative estimate of drug-likeness (QED) is 0.296. The highest BCUT2D eigenvalue weighted by molar-refractivity contribution is 5.16. The molecule has 2 fully saturated rings. The third-order valence-electron chi connectivity index (χ3n) is 7.41. The highest BCUT2D eigenvalue weighted by atomic mass is 19.1. The van der Waals surface area contributed by atoms with Crippen LogP contribution in [0.2, 0.25) is 0 Å². The molecule has 2 saturated carbocycles. The van der Waals surface area contributed by atoms with Gasteiger partial charge in [0.2, 0.25) is 0 Å². The molecule has 156 valence electrons. The van der Waals surface area contributed by atoms with Gasteiger partial charge in [-0.15, -0.1) is 0 Å². The molecule has 2 aliphatic carbocycles. The second-order valence-electron chi connectivity index (χ2n) is 9.61. The van der Waals surface area contributed by atoms with Crippen molar-refractivity contribution in [2.75, 3.05) is 0 Å². The van der Waals surface area contributed by atoms with Gasteiger partial charge >= 0.3 is 0 Å². The van der Waals surface area contributed by atoms with Gasteiger partial charge in [0.25, 0.3) is 0 Å². The van der Waals surface area contributed by atoms with Crippen LogP contribution in [0.3, 0.4) is 0 Å². The lowest BCUT2D eigenvalue weighted by molar-refractivity contribution is 0.282. The summed E-state index contributed by atoms with van der Waals surface area (Å²) in [5, 5.41) is 0. The molecule has 0 heterocycles. The molecule has 3 rings (SSSR count). The minimum atomic E-state index is -0.124. The molecule has 0 atom stereocenters. The predicted octanol–water partition coefficient (Wildman–Crippen LogP) is 8.51. The van der Waals surface area contributed by atoms with Crippen molar-refractivity contribution in [3.63, 3.8) is 0 Å². The van der Waals surface area contributed by atoms with E-state index in [0.717, 1.165) is 30.1 Å². The van der Waals surface area contributed by atoms with Gasteiger partial charge in [0.05, 0.1) is 0 Å². The summed E-state index contributed by atoms with van der Waals surface area (Å²) in [6.45, 7) is 2.31. The average molecular weight is 385 g/mol. The molecule has 0 unspecified atom stereocenters. The van der Waals surface area contributed by atoms with Crippen molar-refractivity contribution >= 4 is 0 Å². The maximum absolute atomic E-state index is 13.0. The SMILES string of the molecule is CCCCCC1CCC(C=CC2CCC(CCc3ccc(F)cc3)CC2)CC1. The fourth-order valence-electron chi connectivity index (χ4n) is 5.36. The topological polar surface area (TPSA) is 0 Å². The zero-order chi connectivity index (χ0) is 19.6. The Labute approximate surface area is 173 Å². The molecule has 2 aliphatic rings. The molecule has 1 aromatic rings. The molecule has 0 aliphatic heterocycles. The summed E-state index contributed by atoms with van der Waals surface area (Å²) in [5.41, 5.74) is 1.29. The zero-order valence-corrected chi connectivity index (χ0v) is 18.1. The Morgan fingerprint density at radius 3 is 1.82 bits per heavy atom. The van der Waals surface area contributed by atoms with Crippen molar-refractivity contribution in [3.05, 3.63) is 47.8 Å². The smallest absolute Gasteiger partial charge is 0.123 e. The Bertz CT molecular complexity index is 556. The summed E-state index contributed by atoms with van der Waals surface area (Å²) in [6.07, 6.45) is 24.5. The van der Waals surface area contributed by atoms with Gasteiger partial charge < -0.3 is 0 Å². The molecule has 1 aromatic carbocycles. The number of rotatable bonds is 9. The lowest BCUT2D eigenvalue weighted by Gasteiger charge is -2.29. The first kappa shape index (κ1) is 21.6. The van der Waals surface area contributed by atoms with Crippen LogP contribution in [-0.2, 0) is 6.42 Å². The maximum atomic E-state index is 13.0. The van der Waals surface area contributed by atoms with Crippen LogP contribution in [0, 0.1) is 29.5 Å². The van der Waals surface area contributed by atoms with E-state index < -0.39 is 0 Å². The molecular weight excluding hydrogens is 343 g/mol. The number of unbranched alkanes of at least 4 members (excludes halogenated alkanes) is 2. The summed E-state index contributed by atoms with van der Waals surface area (Å²) >= 11 is 0. The van der Waals surface area contributed by atoms with E-state index in [1.807, 2.05) is 12.1 Å². The Balaban J connectivity index is 1.29. The van der Waals surface area contributed by atoms with E-state index >= 15 is 0 Å². The van der Waals surface area contributed by atoms with Crippen molar-refractivity contribution in [1.29, 1.82) is 0 Å². The summed E-state index contributed by atoms with van der Waals surface area (Å²) < 4.78 is 13.0. The Hall–Kier alpha value is -1.11. The minimum absolute atomic E-state index is 0.124. The van der Waals surface area contributed by atoms with Crippen molar-refractivity contribution < 1.29 is 4.39 Å². The van der Waals surface area contributed by atoms with E-state index in [1.165, 1.54) is 89.0 Å². The van der Waals surface area contributed by atoms with Crippen LogP contribution >= 0.6 is 0 Å². The third-order valence-corrected chi connectivity index (χ3v) is 7.41. The number of aryl methyl sites for hydroxylation is 1. The number of hydrogen-bond donors (Lipinski definition) is 0. The third kappa shape index (κ3) is 7.37. The van der Waals surface area contributed by atoms with Crippen LogP contribution < -0.4 is 0 Å². The fourth-order valence-corrected chi connectivity index (χ4v) is 5.36. The van der Waals surface area contributed by atoms with Crippen LogP contribution in [0.25, 0.3) is 0 Å². The van der Waals surface area contributed by atoms with E-state index in [0.29, 0.717) is 0 Å². The second-order valence-corrected chi connectivity index (χ2v) is 9.61. The van der Waals surface area contributed by atoms with E-state index in [2.05, 4.69) is 19.1 Å². The van der Waals surface area contributed by atoms with Crippen LogP contribution in [0.1, 0.15) is 96.0 Å². The molecule has 0 N–H and O–H groups in total. The van der Waals surface area contributed by atoms with E-state index in [9.17, 15) is 4.39 Å². The van der Waals surface area contributed by atoms with Crippen molar-refractivity contribution in [3.8, 4) is 0 Å².